The maximum atomic E-state index is 13.3. The zero-order chi connectivity index (χ0) is 22.0. The van der Waals surface area contributed by atoms with E-state index in [1.54, 1.807) is 6.07 Å². The van der Waals surface area contributed by atoms with Crippen LogP contribution in [0.15, 0.2) is 60.8 Å². The number of rotatable bonds is 5. The van der Waals surface area contributed by atoms with Crippen LogP contribution in [0, 0.1) is 12.8 Å². The van der Waals surface area contributed by atoms with Crippen molar-refractivity contribution in [3.63, 3.8) is 0 Å². The van der Waals surface area contributed by atoms with E-state index < -0.39 is 6.04 Å². The lowest BCUT2D eigenvalue weighted by atomic mass is 9.97. The van der Waals surface area contributed by atoms with Gasteiger partial charge in [-0.15, -0.1) is 0 Å². The zero-order valence-electron chi connectivity index (χ0n) is 18.3. The quantitative estimate of drug-likeness (QED) is 0.642. The monoisotopic (exact) mass is 415 g/mol. The van der Waals surface area contributed by atoms with Crippen LogP contribution in [0.1, 0.15) is 41.8 Å². The highest BCUT2D eigenvalue weighted by Crippen LogP contribution is 2.29. The van der Waals surface area contributed by atoms with E-state index in [1.165, 1.54) is 16.5 Å². The highest BCUT2D eigenvalue weighted by Gasteiger charge is 2.30. The number of carbonyl (C=O) groups excluding carboxylic acids is 2. The van der Waals surface area contributed by atoms with Gasteiger partial charge >= 0.3 is 0 Å². The van der Waals surface area contributed by atoms with Crippen molar-refractivity contribution in [3.05, 3.63) is 77.5 Å². The molecule has 1 atom stereocenters. The fourth-order valence-corrected chi connectivity index (χ4v) is 4.17. The number of para-hydroxylation sites is 1. The van der Waals surface area contributed by atoms with Gasteiger partial charge in [0.25, 0.3) is 5.91 Å². The second kappa shape index (κ2) is 8.80. The van der Waals surface area contributed by atoms with Crippen LogP contribution in [0.4, 0.5) is 0 Å². The van der Waals surface area contributed by atoms with E-state index in [0.717, 1.165) is 17.5 Å². The SMILES string of the molecule is Cc1cccc(C(=O)N[C@@H](C(=O)N2CC=C(c3c[nH]c4ccccc34)CC2)C(C)C)c1. The van der Waals surface area contributed by atoms with Gasteiger partial charge < -0.3 is 15.2 Å². The van der Waals surface area contributed by atoms with E-state index in [1.807, 2.05) is 62.2 Å². The Morgan fingerprint density at radius 1 is 1.10 bits per heavy atom. The fourth-order valence-electron chi connectivity index (χ4n) is 4.17. The molecule has 1 aromatic heterocycles. The molecule has 2 aromatic carbocycles. The highest BCUT2D eigenvalue weighted by molar-refractivity contribution is 5.98. The fraction of sp³-hybridized carbons (Fsp3) is 0.308. The van der Waals surface area contributed by atoms with Crippen LogP contribution in [0.5, 0.6) is 0 Å². The number of H-pyrrole nitrogens is 1. The molecule has 1 aliphatic heterocycles. The lowest BCUT2D eigenvalue weighted by Gasteiger charge is -2.32. The molecule has 2 N–H and O–H groups in total. The molecule has 31 heavy (non-hydrogen) atoms. The molecule has 0 aliphatic carbocycles. The third kappa shape index (κ3) is 4.41. The first-order valence-electron chi connectivity index (χ1n) is 10.9. The smallest absolute Gasteiger partial charge is 0.251 e. The van der Waals surface area contributed by atoms with E-state index in [4.69, 9.17) is 0 Å². The molecule has 5 heteroatoms. The molecule has 0 radical (unpaired) electrons. The summed E-state index contributed by atoms with van der Waals surface area (Å²) in [5.74, 6) is -0.228. The van der Waals surface area contributed by atoms with Gasteiger partial charge in [0.1, 0.15) is 6.04 Å². The summed E-state index contributed by atoms with van der Waals surface area (Å²) in [5, 5.41) is 4.17. The Kier molecular flexibility index (Phi) is 5.94. The number of aryl methyl sites for hydroxylation is 1. The van der Waals surface area contributed by atoms with E-state index in [0.29, 0.717) is 18.7 Å². The Balaban J connectivity index is 1.47. The molecule has 4 rings (SSSR count). The molecule has 0 unspecified atom stereocenters. The van der Waals surface area contributed by atoms with Gasteiger partial charge in [-0.25, -0.2) is 0 Å². The first-order valence-corrected chi connectivity index (χ1v) is 10.9. The average molecular weight is 416 g/mol. The van der Waals surface area contributed by atoms with E-state index in [2.05, 4.69) is 28.5 Å². The molecule has 160 valence electrons. The average Bonchev–Trinajstić information content (AvgIpc) is 3.21. The summed E-state index contributed by atoms with van der Waals surface area (Å²) in [4.78, 5) is 31.2. The second-order valence-corrected chi connectivity index (χ2v) is 8.58. The molecule has 2 heterocycles. The minimum Gasteiger partial charge on any atom is -0.361 e. The number of amides is 2. The van der Waals surface area contributed by atoms with Crippen LogP contribution >= 0.6 is 0 Å². The molecular weight excluding hydrogens is 386 g/mol. The second-order valence-electron chi connectivity index (χ2n) is 8.58. The number of fused-ring (bicyclic) bond motifs is 1. The molecule has 0 saturated carbocycles. The van der Waals surface area contributed by atoms with Gasteiger partial charge in [0, 0.05) is 41.3 Å². The van der Waals surface area contributed by atoms with Gasteiger partial charge in [-0.1, -0.05) is 55.8 Å². The predicted molar refractivity (Wildman–Crippen MR) is 125 cm³/mol. The maximum absolute atomic E-state index is 13.3. The Hall–Kier alpha value is -3.34. The summed E-state index contributed by atoms with van der Waals surface area (Å²) in [6.07, 6.45) is 4.98. The Morgan fingerprint density at radius 2 is 1.90 bits per heavy atom. The summed E-state index contributed by atoms with van der Waals surface area (Å²) in [6, 6.07) is 15.1. The van der Waals surface area contributed by atoms with Crippen molar-refractivity contribution in [2.75, 3.05) is 13.1 Å². The van der Waals surface area contributed by atoms with Gasteiger partial charge in [0.05, 0.1) is 0 Å². The molecule has 3 aromatic rings. The number of hydrogen-bond acceptors (Lipinski definition) is 2. The van der Waals surface area contributed by atoms with Gasteiger partial charge in [-0.3, -0.25) is 9.59 Å². The Bertz CT molecular complexity index is 1140. The predicted octanol–water partition coefficient (Wildman–Crippen LogP) is 4.55. The molecule has 2 amide bonds. The molecule has 0 bridgehead atoms. The minimum atomic E-state index is -0.545. The molecule has 1 aliphatic rings. The zero-order valence-corrected chi connectivity index (χ0v) is 18.3. The lowest BCUT2D eigenvalue weighted by molar-refractivity contribution is -0.133. The normalized spacial score (nSPS) is 15.1. The summed E-state index contributed by atoms with van der Waals surface area (Å²) in [7, 11) is 0. The van der Waals surface area contributed by atoms with Crippen LogP contribution in [0.3, 0.4) is 0 Å². The minimum absolute atomic E-state index is 0.000234. The van der Waals surface area contributed by atoms with Crippen LogP contribution in [0.2, 0.25) is 0 Å². The summed E-state index contributed by atoms with van der Waals surface area (Å²) >= 11 is 0. The van der Waals surface area contributed by atoms with Crippen molar-refractivity contribution in [2.24, 2.45) is 5.92 Å². The Labute approximate surface area is 183 Å². The largest absolute Gasteiger partial charge is 0.361 e. The van der Waals surface area contributed by atoms with Crippen molar-refractivity contribution >= 4 is 28.3 Å². The number of aromatic amines is 1. The number of hydrogen-bond donors (Lipinski definition) is 2. The van der Waals surface area contributed by atoms with Gasteiger partial charge in [0.2, 0.25) is 5.91 Å². The van der Waals surface area contributed by atoms with Gasteiger partial charge in [-0.05, 0) is 43.0 Å². The van der Waals surface area contributed by atoms with Crippen LogP contribution in [0.25, 0.3) is 16.5 Å². The first-order chi connectivity index (χ1) is 14.9. The molecule has 0 spiro atoms. The third-order valence-electron chi connectivity index (χ3n) is 5.96. The van der Waals surface area contributed by atoms with Crippen LogP contribution in [-0.4, -0.2) is 40.8 Å². The Morgan fingerprint density at radius 3 is 2.61 bits per heavy atom. The van der Waals surface area contributed by atoms with E-state index >= 15 is 0 Å². The number of nitrogens with zero attached hydrogens (tertiary/aromatic N) is 1. The number of aromatic nitrogens is 1. The van der Waals surface area contributed by atoms with Crippen molar-refractivity contribution in [3.8, 4) is 0 Å². The maximum Gasteiger partial charge on any atom is 0.251 e. The summed E-state index contributed by atoms with van der Waals surface area (Å²) < 4.78 is 0. The van der Waals surface area contributed by atoms with Crippen LogP contribution < -0.4 is 5.32 Å². The van der Waals surface area contributed by atoms with E-state index in [-0.39, 0.29) is 17.7 Å². The van der Waals surface area contributed by atoms with Crippen LogP contribution in [-0.2, 0) is 4.79 Å². The summed E-state index contributed by atoms with van der Waals surface area (Å²) in [6.45, 7) is 7.09. The molecule has 0 fully saturated rings. The first kappa shape index (κ1) is 20.9. The number of carbonyl (C=O) groups is 2. The highest BCUT2D eigenvalue weighted by atomic mass is 16.2. The molecule has 0 saturated heterocycles. The molecule has 5 nitrogen and oxygen atoms in total. The van der Waals surface area contributed by atoms with Crippen molar-refractivity contribution < 1.29 is 9.59 Å². The lowest BCUT2D eigenvalue weighted by Crippen LogP contribution is -2.52. The van der Waals surface area contributed by atoms with Crippen molar-refractivity contribution in [1.29, 1.82) is 0 Å². The standard InChI is InChI=1S/C26H29N3O2/c1-17(2)24(28-25(30)20-8-6-7-18(3)15-20)26(31)29-13-11-19(12-14-29)22-16-27-23-10-5-4-9-21(22)23/h4-11,15-17,24,27H,12-14H2,1-3H3,(H,28,30)/t24-/m1/s1. The third-order valence-corrected chi connectivity index (χ3v) is 5.96. The van der Waals surface area contributed by atoms with Gasteiger partial charge in [0.15, 0.2) is 0 Å². The molecular formula is C26H29N3O2. The van der Waals surface area contributed by atoms with E-state index in [9.17, 15) is 9.59 Å². The number of nitrogens with one attached hydrogen (secondary N) is 2. The topological polar surface area (TPSA) is 65.2 Å². The van der Waals surface area contributed by atoms with Gasteiger partial charge in [-0.2, -0.15) is 0 Å². The van der Waals surface area contributed by atoms with Crippen molar-refractivity contribution in [2.45, 2.75) is 33.2 Å². The summed E-state index contributed by atoms with van der Waals surface area (Å²) in [5.41, 5.74) is 5.18. The number of benzene rings is 2. The van der Waals surface area contributed by atoms with Crippen molar-refractivity contribution in [1.82, 2.24) is 15.2 Å².